The second-order valence-electron chi connectivity index (χ2n) is 6.90. The predicted molar refractivity (Wildman–Crippen MR) is 124 cm³/mol. The third-order valence-corrected chi connectivity index (χ3v) is 4.86. The van der Waals surface area contributed by atoms with Crippen LogP contribution in [0.3, 0.4) is 0 Å². The van der Waals surface area contributed by atoms with Crippen LogP contribution in [0.25, 0.3) is 23.0 Å². The van der Waals surface area contributed by atoms with Gasteiger partial charge in [-0.2, -0.15) is 4.98 Å². The number of carbonyl (C=O) groups is 1. The average molecular weight is 444 g/mol. The van der Waals surface area contributed by atoms with Crippen molar-refractivity contribution in [1.82, 2.24) is 24.5 Å². The van der Waals surface area contributed by atoms with Crippen molar-refractivity contribution < 1.29 is 9.32 Å². The maximum absolute atomic E-state index is 12.7. The topological polar surface area (TPSA) is 160 Å². The average Bonchev–Trinajstić information content (AvgIpc) is 3.39. The highest BCUT2D eigenvalue weighted by Crippen LogP contribution is 2.23. The maximum atomic E-state index is 12.7. The quantitative estimate of drug-likeness (QED) is 0.400. The highest BCUT2D eigenvalue weighted by Gasteiger charge is 2.20. The van der Waals surface area contributed by atoms with Gasteiger partial charge in [0.05, 0.1) is 5.69 Å². The fourth-order valence-corrected chi connectivity index (χ4v) is 3.41. The summed E-state index contributed by atoms with van der Waals surface area (Å²) < 4.78 is 8.08. The number of anilines is 2. The minimum Gasteiger partial charge on any atom is -0.381 e. The number of hydrogen-bond donors (Lipinski definition) is 3. The molecule has 0 spiro atoms. The number of nitrogen functional groups attached to an aromatic ring is 1. The van der Waals surface area contributed by atoms with Crippen molar-refractivity contribution in [2.45, 2.75) is 13.3 Å². The summed E-state index contributed by atoms with van der Waals surface area (Å²) in [6, 6.07) is 9.30. The van der Waals surface area contributed by atoms with Crippen molar-refractivity contribution in [1.29, 1.82) is 0 Å². The van der Waals surface area contributed by atoms with Crippen LogP contribution >= 0.6 is 0 Å². The van der Waals surface area contributed by atoms with Crippen LogP contribution in [0.15, 0.2) is 45.7 Å². The summed E-state index contributed by atoms with van der Waals surface area (Å²) in [5.41, 5.74) is 11.8. The molecule has 0 saturated heterocycles. The normalized spacial score (nSPS) is 11.8. The van der Waals surface area contributed by atoms with Crippen LogP contribution in [-0.2, 0) is 6.42 Å². The molecule has 1 aliphatic rings. The van der Waals surface area contributed by atoms with Crippen LogP contribution in [0.4, 0.5) is 11.6 Å². The zero-order valence-electron chi connectivity index (χ0n) is 17.6. The van der Waals surface area contributed by atoms with Gasteiger partial charge in [-0.05, 0) is 24.1 Å². The van der Waals surface area contributed by atoms with E-state index < -0.39 is 5.91 Å². The number of benzene rings is 1. The van der Waals surface area contributed by atoms with E-state index in [0.29, 0.717) is 24.6 Å². The molecule has 1 aromatic carbocycles. The molecule has 33 heavy (non-hydrogen) atoms. The molecule has 0 aliphatic carbocycles. The molecule has 166 valence electrons. The lowest BCUT2D eigenvalue weighted by atomic mass is 10.2. The van der Waals surface area contributed by atoms with Gasteiger partial charge in [0.1, 0.15) is 22.6 Å². The molecule has 4 aromatic rings. The Morgan fingerprint density at radius 2 is 2.09 bits per heavy atom. The van der Waals surface area contributed by atoms with Gasteiger partial charge in [0, 0.05) is 19.2 Å². The van der Waals surface area contributed by atoms with Gasteiger partial charge in [-0.1, -0.05) is 30.3 Å². The number of terminal acetylenes is 1. The van der Waals surface area contributed by atoms with E-state index in [0.717, 1.165) is 5.69 Å². The lowest BCUT2D eigenvalue weighted by Gasteiger charge is -2.10. The molecule has 11 heteroatoms. The molecule has 0 unspecified atom stereocenters. The zero-order valence-corrected chi connectivity index (χ0v) is 17.6. The van der Waals surface area contributed by atoms with Crippen molar-refractivity contribution in [3.63, 3.8) is 0 Å². The Bertz CT molecular complexity index is 1470. The number of para-hydroxylation sites is 1. The number of nitrogens with one attached hydrogen (secondary N) is 1. The molecule has 11 nitrogen and oxygen atoms in total. The predicted octanol–water partition coefficient (Wildman–Crippen LogP) is 1.38. The highest BCUT2D eigenvalue weighted by molar-refractivity contribution is 6.02. The third kappa shape index (κ3) is 3.81. The minimum atomic E-state index is -0.568. The number of nitrogens with two attached hydrogens (primary N) is 2. The van der Waals surface area contributed by atoms with Crippen LogP contribution in [-0.4, -0.2) is 36.9 Å². The van der Waals surface area contributed by atoms with Crippen LogP contribution in [0.5, 0.6) is 0 Å². The Morgan fingerprint density at radius 1 is 1.33 bits per heavy atom. The number of carbonyl (C=O) groups excluding carboxylic acids is 1. The van der Waals surface area contributed by atoms with Gasteiger partial charge < -0.3 is 21.3 Å². The van der Waals surface area contributed by atoms with E-state index in [1.807, 2.05) is 43.3 Å². The molecule has 0 bridgehead atoms. The fraction of sp³-hybridized carbons (Fsp3) is 0.136. The molecule has 4 heterocycles. The van der Waals surface area contributed by atoms with Crippen molar-refractivity contribution in [3.8, 4) is 18.0 Å². The number of hydrogen-bond acceptors (Lipinski definition) is 8. The molecule has 1 amide bonds. The van der Waals surface area contributed by atoms with E-state index in [-0.39, 0.29) is 33.7 Å². The summed E-state index contributed by atoms with van der Waals surface area (Å²) in [4.78, 5) is 28.0. The largest absolute Gasteiger partial charge is 0.381 e. The van der Waals surface area contributed by atoms with Crippen molar-refractivity contribution in [3.05, 3.63) is 63.8 Å². The second kappa shape index (κ2) is 8.72. The molecule has 0 radical (unpaired) electrons. The van der Waals surface area contributed by atoms with Crippen molar-refractivity contribution in [2.24, 2.45) is 5.73 Å². The molecule has 0 fully saturated rings. The molecular formula is C22H20N8O3. The van der Waals surface area contributed by atoms with Crippen LogP contribution in [0.2, 0.25) is 0 Å². The number of rotatable bonds is 3. The van der Waals surface area contributed by atoms with Crippen molar-refractivity contribution >= 4 is 34.8 Å². The smallest absolute Gasteiger partial charge is 0.272 e. The van der Waals surface area contributed by atoms with Gasteiger partial charge in [-0.25, -0.2) is 4.68 Å². The molecule has 0 saturated carbocycles. The first-order valence-corrected chi connectivity index (χ1v) is 9.97. The van der Waals surface area contributed by atoms with E-state index in [1.165, 1.54) is 4.68 Å². The minimum absolute atomic E-state index is 0.154. The molecular weight excluding hydrogens is 424 g/mol. The Kier molecular flexibility index (Phi) is 5.65. The first-order valence-electron chi connectivity index (χ1n) is 9.97. The summed E-state index contributed by atoms with van der Waals surface area (Å²) in [6.07, 6.45) is 9.53. The molecule has 5 rings (SSSR count). The van der Waals surface area contributed by atoms with E-state index in [9.17, 15) is 9.59 Å². The summed E-state index contributed by atoms with van der Waals surface area (Å²) in [7, 11) is 0. The molecule has 5 N–H and O–H groups in total. The van der Waals surface area contributed by atoms with Gasteiger partial charge >= 0.3 is 0 Å². The first kappa shape index (κ1) is 21.4. The monoisotopic (exact) mass is 444 g/mol. The standard InChI is InChI=1S/C15H11N3O2.C7H9N5O/c1-3-11-13-14(20-17-11)16-12(4-2)18(15(13)19)10-8-6-5-7-9-10;8-5-4(6(9)13)7-10-2-1-3-12(7)11-5/h1,5-9H,4H2,2H3;1,3,10H,2H2,(H2,8,11)(H2,9,13). The van der Waals surface area contributed by atoms with E-state index in [4.69, 9.17) is 22.4 Å². The Hall–Kier alpha value is -4.85. The zero-order chi connectivity index (χ0) is 23.5. The van der Waals surface area contributed by atoms with Crippen molar-refractivity contribution in [2.75, 3.05) is 17.6 Å². The number of nitrogens with zero attached hydrogens (tertiary/aromatic N) is 5. The molecule has 3 aromatic heterocycles. The fourth-order valence-electron chi connectivity index (χ4n) is 3.41. The lowest BCUT2D eigenvalue weighted by Crippen LogP contribution is -2.23. The second-order valence-corrected chi connectivity index (χ2v) is 6.90. The van der Waals surface area contributed by atoms with Crippen LogP contribution < -0.4 is 22.3 Å². The summed E-state index contributed by atoms with van der Waals surface area (Å²) in [5, 5.41) is 10.8. The van der Waals surface area contributed by atoms with Gasteiger partial charge in [-0.15, -0.1) is 11.5 Å². The Labute approximate surface area is 187 Å². The highest BCUT2D eigenvalue weighted by atomic mass is 16.5. The summed E-state index contributed by atoms with van der Waals surface area (Å²) >= 11 is 0. The number of primary amides is 1. The third-order valence-electron chi connectivity index (χ3n) is 4.86. The van der Waals surface area contributed by atoms with E-state index in [1.54, 1.807) is 10.8 Å². The molecule has 0 atom stereocenters. The Balaban J connectivity index is 0.000000172. The summed E-state index contributed by atoms with van der Waals surface area (Å²) in [6.45, 7) is 2.57. The van der Waals surface area contributed by atoms with Gasteiger partial charge in [0.2, 0.25) is 0 Å². The maximum Gasteiger partial charge on any atom is 0.272 e. The van der Waals surface area contributed by atoms with Gasteiger partial charge in [0.25, 0.3) is 17.2 Å². The van der Waals surface area contributed by atoms with E-state index in [2.05, 4.69) is 26.5 Å². The van der Waals surface area contributed by atoms with Crippen LogP contribution in [0.1, 0.15) is 28.8 Å². The van der Waals surface area contributed by atoms with Crippen LogP contribution in [0, 0.1) is 12.3 Å². The lowest BCUT2D eigenvalue weighted by molar-refractivity contribution is 0.100. The van der Waals surface area contributed by atoms with Gasteiger partial charge in [0.15, 0.2) is 11.5 Å². The first-order chi connectivity index (χ1) is 16.0. The molecule has 1 aliphatic heterocycles. The number of aromatic nitrogens is 5. The number of fused-ring (bicyclic) bond motifs is 2. The SMILES string of the molecule is C#Cc1noc2nc(CC)n(-c3ccccc3)c(=O)c12.NC(=O)c1c(N)nn2c1NCC=C2. The van der Waals surface area contributed by atoms with Gasteiger partial charge in [-0.3, -0.25) is 14.2 Å². The Morgan fingerprint density at radius 3 is 2.76 bits per heavy atom. The number of amides is 1. The van der Waals surface area contributed by atoms with E-state index >= 15 is 0 Å². The number of aryl methyl sites for hydroxylation is 1. The summed E-state index contributed by atoms with van der Waals surface area (Å²) in [5.74, 6) is 3.10.